The first-order valence-electron chi connectivity index (χ1n) is 8.14. The lowest BCUT2D eigenvalue weighted by Crippen LogP contribution is -2.43. The van der Waals surface area contributed by atoms with Crippen molar-refractivity contribution in [1.82, 2.24) is 9.55 Å². The first-order chi connectivity index (χ1) is 11.4. The summed E-state index contributed by atoms with van der Waals surface area (Å²) in [5, 5.41) is 13.1. The van der Waals surface area contributed by atoms with Crippen molar-refractivity contribution in [3.63, 3.8) is 0 Å². The maximum Gasteiger partial charge on any atom is 0.351 e. The minimum atomic E-state index is -0.848. The summed E-state index contributed by atoms with van der Waals surface area (Å²) in [7, 11) is 1.48. The zero-order valence-corrected chi connectivity index (χ0v) is 14.5. The number of nitrogens with zero attached hydrogens (tertiary/aromatic N) is 2. The third kappa shape index (κ3) is 3.35. The maximum atomic E-state index is 12.3. The number of nitrogens with one attached hydrogen (secondary N) is 1. The summed E-state index contributed by atoms with van der Waals surface area (Å²) in [6.45, 7) is 5.29. The van der Waals surface area contributed by atoms with Gasteiger partial charge in [-0.2, -0.15) is 4.98 Å². The third-order valence-electron chi connectivity index (χ3n) is 4.44. The molecule has 1 aromatic heterocycles. The summed E-state index contributed by atoms with van der Waals surface area (Å²) in [5.41, 5.74) is -1.33. The Morgan fingerprint density at radius 1 is 1.54 bits per heavy atom. The van der Waals surface area contributed by atoms with Crippen LogP contribution in [0.3, 0.4) is 0 Å². The van der Waals surface area contributed by atoms with Crippen LogP contribution in [-0.2, 0) is 14.3 Å². The summed E-state index contributed by atoms with van der Waals surface area (Å²) in [4.78, 5) is 27.2. The van der Waals surface area contributed by atoms with Crippen molar-refractivity contribution in [1.29, 1.82) is 0 Å². The molecular formula is C16H25N3O5. The van der Waals surface area contributed by atoms with Crippen LogP contribution in [0.2, 0.25) is 0 Å². The van der Waals surface area contributed by atoms with Gasteiger partial charge in [0.25, 0.3) is 0 Å². The van der Waals surface area contributed by atoms with E-state index in [0.717, 1.165) is 6.42 Å². The molecule has 1 saturated heterocycles. The van der Waals surface area contributed by atoms with Gasteiger partial charge in [0.15, 0.2) is 6.23 Å². The lowest BCUT2D eigenvalue weighted by atomic mass is 9.88. The SMILES string of the molecule is CCC[C@]1(CC)O[C@@H](n2ccc(NC(C)=O)nc2=O)[C@@H](OC)C1O. The number of ether oxygens (including phenoxy) is 2. The molecule has 4 atom stereocenters. The molecule has 134 valence electrons. The topological polar surface area (TPSA) is 103 Å². The molecule has 1 fully saturated rings. The number of aliphatic hydroxyl groups is 1. The van der Waals surface area contributed by atoms with Gasteiger partial charge in [0.05, 0.1) is 5.60 Å². The molecule has 1 aliphatic heterocycles. The lowest BCUT2D eigenvalue weighted by molar-refractivity contribution is -0.114. The average Bonchev–Trinajstić information content (AvgIpc) is 2.80. The fourth-order valence-electron chi connectivity index (χ4n) is 3.25. The van der Waals surface area contributed by atoms with E-state index in [4.69, 9.17) is 9.47 Å². The number of anilines is 1. The smallest absolute Gasteiger partial charge is 0.351 e. The molecule has 2 heterocycles. The first kappa shape index (κ1) is 18.6. The van der Waals surface area contributed by atoms with Crippen molar-refractivity contribution in [2.75, 3.05) is 12.4 Å². The first-order valence-corrected chi connectivity index (χ1v) is 8.14. The van der Waals surface area contributed by atoms with Gasteiger partial charge < -0.3 is 19.9 Å². The standard InChI is InChI=1S/C16H25N3O5/c1-5-8-16(6-2)13(21)12(23-4)14(24-16)19-9-7-11(17-10(3)20)18-15(19)22/h7,9,12-14,21H,5-6,8H2,1-4H3,(H,17,18,20,22)/t12-,13?,14+,16-/m0/s1. The Balaban J connectivity index is 2.37. The van der Waals surface area contributed by atoms with E-state index < -0.39 is 29.7 Å². The van der Waals surface area contributed by atoms with E-state index >= 15 is 0 Å². The Bertz CT molecular complexity index is 647. The number of carbonyl (C=O) groups excluding carboxylic acids is 1. The number of amides is 1. The zero-order valence-electron chi connectivity index (χ0n) is 14.5. The quantitative estimate of drug-likeness (QED) is 0.803. The molecule has 0 spiro atoms. The number of aliphatic hydroxyl groups excluding tert-OH is 1. The molecular weight excluding hydrogens is 314 g/mol. The van der Waals surface area contributed by atoms with Crippen LogP contribution in [0, 0.1) is 0 Å². The Hall–Kier alpha value is -1.77. The molecule has 8 heteroatoms. The van der Waals surface area contributed by atoms with Crippen LogP contribution in [-0.4, -0.2) is 45.5 Å². The largest absolute Gasteiger partial charge is 0.387 e. The summed E-state index contributed by atoms with van der Waals surface area (Å²) in [5.74, 6) is -0.138. The van der Waals surface area contributed by atoms with Crippen LogP contribution < -0.4 is 11.0 Å². The molecule has 1 aromatic rings. The minimum absolute atomic E-state index is 0.173. The van der Waals surface area contributed by atoms with Crippen molar-refractivity contribution in [2.45, 2.75) is 64.1 Å². The van der Waals surface area contributed by atoms with Crippen molar-refractivity contribution < 1.29 is 19.4 Å². The second kappa shape index (κ2) is 7.42. The Kier molecular flexibility index (Phi) is 5.74. The molecule has 1 amide bonds. The van der Waals surface area contributed by atoms with Gasteiger partial charge in [-0.25, -0.2) is 4.79 Å². The second-order valence-electron chi connectivity index (χ2n) is 6.01. The highest BCUT2D eigenvalue weighted by atomic mass is 16.6. The van der Waals surface area contributed by atoms with E-state index in [-0.39, 0.29) is 11.7 Å². The zero-order chi connectivity index (χ0) is 17.9. The predicted octanol–water partition coefficient (Wildman–Crippen LogP) is 1.06. The van der Waals surface area contributed by atoms with E-state index in [0.29, 0.717) is 12.8 Å². The molecule has 1 aliphatic rings. The van der Waals surface area contributed by atoms with E-state index in [1.165, 1.54) is 30.9 Å². The molecule has 0 radical (unpaired) electrons. The van der Waals surface area contributed by atoms with Crippen LogP contribution in [0.15, 0.2) is 17.1 Å². The van der Waals surface area contributed by atoms with Crippen molar-refractivity contribution in [2.24, 2.45) is 0 Å². The van der Waals surface area contributed by atoms with Gasteiger partial charge in [-0.05, 0) is 18.9 Å². The van der Waals surface area contributed by atoms with Crippen LogP contribution in [0.4, 0.5) is 5.82 Å². The Morgan fingerprint density at radius 3 is 2.75 bits per heavy atom. The molecule has 0 aliphatic carbocycles. The minimum Gasteiger partial charge on any atom is -0.387 e. The van der Waals surface area contributed by atoms with Gasteiger partial charge in [-0.1, -0.05) is 20.3 Å². The number of hydrogen-bond acceptors (Lipinski definition) is 6. The van der Waals surface area contributed by atoms with Crippen LogP contribution >= 0.6 is 0 Å². The molecule has 8 nitrogen and oxygen atoms in total. The molecule has 0 saturated carbocycles. The number of methoxy groups -OCH3 is 1. The van der Waals surface area contributed by atoms with Crippen LogP contribution in [0.5, 0.6) is 0 Å². The van der Waals surface area contributed by atoms with E-state index in [1.54, 1.807) is 0 Å². The number of hydrogen-bond donors (Lipinski definition) is 2. The van der Waals surface area contributed by atoms with Gasteiger partial charge in [0.1, 0.15) is 18.0 Å². The van der Waals surface area contributed by atoms with Gasteiger partial charge >= 0.3 is 5.69 Å². The molecule has 1 unspecified atom stereocenters. The van der Waals surface area contributed by atoms with Gasteiger partial charge in [-0.15, -0.1) is 0 Å². The predicted molar refractivity (Wildman–Crippen MR) is 87.7 cm³/mol. The summed E-state index contributed by atoms with van der Waals surface area (Å²) in [6, 6.07) is 1.51. The maximum absolute atomic E-state index is 12.3. The highest BCUT2D eigenvalue weighted by Gasteiger charge is 2.54. The normalized spacial score (nSPS) is 29.6. The molecule has 24 heavy (non-hydrogen) atoms. The molecule has 2 rings (SSSR count). The van der Waals surface area contributed by atoms with Gasteiger partial charge in [0, 0.05) is 20.2 Å². The molecule has 0 bridgehead atoms. The lowest BCUT2D eigenvalue weighted by Gasteiger charge is -2.30. The molecule has 2 N–H and O–H groups in total. The summed E-state index contributed by atoms with van der Waals surface area (Å²) in [6.07, 6.45) is 1.28. The Labute approximate surface area is 140 Å². The highest BCUT2D eigenvalue weighted by Crippen LogP contribution is 2.42. The van der Waals surface area contributed by atoms with Gasteiger partial charge in [0.2, 0.25) is 5.91 Å². The van der Waals surface area contributed by atoms with Gasteiger partial charge in [-0.3, -0.25) is 9.36 Å². The summed E-state index contributed by atoms with van der Waals surface area (Å²) < 4.78 is 12.8. The number of aromatic nitrogens is 2. The summed E-state index contributed by atoms with van der Waals surface area (Å²) >= 11 is 0. The monoisotopic (exact) mass is 339 g/mol. The Morgan fingerprint density at radius 2 is 2.25 bits per heavy atom. The number of carbonyl (C=O) groups is 1. The number of rotatable bonds is 6. The van der Waals surface area contributed by atoms with Crippen molar-refractivity contribution in [3.8, 4) is 0 Å². The highest BCUT2D eigenvalue weighted by molar-refractivity contribution is 5.87. The fourth-order valence-corrected chi connectivity index (χ4v) is 3.25. The van der Waals surface area contributed by atoms with Crippen molar-refractivity contribution >= 4 is 11.7 Å². The van der Waals surface area contributed by atoms with E-state index in [2.05, 4.69) is 10.3 Å². The van der Waals surface area contributed by atoms with E-state index in [1.807, 2.05) is 13.8 Å². The van der Waals surface area contributed by atoms with Crippen molar-refractivity contribution in [3.05, 3.63) is 22.7 Å². The van der Waals surface area contributed by atoms with E-state index in [9.17, 15) is 14.7 Å². The fraction of sp³-hybridized carbons (Fsp3) is 0.688. The third-order valence-corrected chi connectivity index (χ3v) is 4.44. The second-order valence-corrected chi connectivity index (χ2v) is 6.01. The van der Waals surface area contributed by atoms with Crippen LogP contribution in [0.25, 0.3) is 0 Å². The molecule has 0 aromatic carbocycles. The van der Waals surface area contributed by atoms with Crippen LogP contribution in [0.1, 0.15) is 46.3 Å². The average molecular weight is 339 g/mol.